The minimum Gasteiger partial charge on any atom is -0.507 e. The van der Waals surface area contributed by atoms with Crippen LogP contribution in [0.2, 0.25) is 5.15 Å². The Kier molecular flexibility index (Phi) is 3.38. The second kappa shape index (κ2) is 4.97. The van der Waals surface area contributed by atoms with Crippen molar-refractivity contribution in [1.29, 1.82) is 0 Å². The maximum Gasteiger partial charge on any atom is 0.260 e. The Morgan fingerprint density at radius 2 is 2.11 bits per heavy atom. The SMILES string of the molecule is O=C(Nc1cnc(Cl)cn1)c1cc(F)ccc1O. The smallest absolute Gasteiger partial charge is 0.260 e. The van der Waals surface area contributed by atoms with Gasteiger partial charge in [-0.25, -0.2) is 14.4 Å². The van der Waals surface area contributed by atoms with E-state index in [1.807, 2.05) is 0 Å². The number of hydrogen-bond acceptors (Lipinski definition) is 4. The molecular weight excluding hydrogens is 261 g/mol. The fraction of sp³-hybridized carbons (Fsp3) is 0. The second-order valence-electron chi connectivity index (χ2n) is 3.34. The lowest BCUT2D eigenvalue weighted by atomic mass is 10.2. The molecule has 0 aliphatic heterocycles. The van der Waals surface area contributed by atoms with Crippen molar-refractivity contribution >= 4 is 23.3 Å². The van der Waals surface area contributed by atoms with Crippen molar-refractivity contribution in [1.82, 2.24) is 9.97 Å². The standard InChI is InChI=1S/C11H7ClFN3O2/c12-9-4-15-10(5-14-9)16-11(18)7-3-6(13)1-2-8(7)17/h1-5,17H,(H,15,16,18). The number of halogens is 2. The van der Waals surface area contributed by atoms with Gasteiger partial charge in [-0.3, -0.25) is 4.79 Å². The van der Waals surface area contributed by atoms with Gasteiger partial charge in [0.1, 0.15) is 16.7 Å². The molecular formula is C11H7ClFN3O2. The van der Waals surface area contributed by atoms with Gasteiger partial charge in [0.15, 0.2) is 5.82 Å². The molecule has 0 unspecified atom stereocenters. The molecule has 18 heavy (non-hydrogen) atoms. The fourth-order valence-electron chi connectivity index (χ4n) is 1.25. The Balaban J connectivity index is 2.21. The number of benzene rings is 1. The zero-order chi connectivity index (χ0) is 13.1. The Morgan fingerprint density at radius 1 is 1.33 bits per heavy atom. The number of aromatic nitrogens is 2. The summed E-state index contributed by atoms with van der Waals surface area (Å²) in [6.07, 6.45) is 2.50. The Bertz CT molecular complexity index is 589. The van der Waals surface area contributed by atoms with Crippen molar-refractivity contribution in [2.45, 2.75) is 0 Å². The zero-order valence-electron chi connectivity index (χ0n) is 8.89. The zero-order valence-corrected chi connectivity index (χ0v) is 9.65. The quantitative estimate of drug-likeness (QED) is 0.875. The van der Waals surface area contributed by atoms with E-state index in [0.29, 0.717) is 0 Å². The molecule has 5 nitrogen and oxygen atoms in total. The maximum absolute atomic E-state index is 13.0. The molecule has 1 amide bonds. The van der Waals surface area contributed by atoms with E-state index in [2.05, 4.69) is 15.3 Å². The van der Waals surface area contributed by atoms with Crippen molar-refractivity contribution in [2.75, 3.05) is 5.32 Å². The third kappa shape index (κ3) is 2.72. The van der Waals surface area contributed by atoms with Crippen LogP contribution in [0.25, 0.3) is 0 Å². The average molecular weight is 268 g/mol. The van der Waals surface area contributed by atoms with Gasteiger partial charge in [0.05, 0.1) is 18.0 Å². The molecule has 92 valence electrons. The average Bonchev–Trinajstić information content (AvgIpc) is 2.35. The van der Waals surface area contributed by atoms with Crippen LogP contribution in [-0.4, -0.2) is 21.0 Å². The highest BCUT2D eigenvalue weighted by Crippen LogP contribution is 2.19. The molecule has 1 heterocycles. The van der Waals surface area contributed by atoms with Gasteiger partial charge in [0, 0.05) is 0 Å². The fourth-order valence-corrected chi connectivity index (χ4v) is 1.35. The Hall–Kier alpha value is -2.21. The van der Waals surface area contributed by atoms with Crippen LogP contribution in [0.3, 0.4) is 0 Å². The van der Waals surface area contributed by atoms with Gasteiger partial charge in [-0.1, -0.05) is 11.6 Å². The van der Waals surface area contributed by atoms with Gasteiger partial charge in [-0.2, -0.15) is 0 Å². The van der Waals surface area contributed by atoms with Crippen LogP contribution in [0.1, 0.15) is 10.4 Å². The minimum absolute atomic E-state index is 0.146. The van der Waals surface area contributed by atoms with Crippen molar-refractivity contribution < 1.29 is 14.3 Å². The number of aromatic hydroxyl groups is 1. The van der Waals surface area contributed by atoms with Crippen molar-refractivity contribution in [3.05, 3.63) is 47.1 Å². The van der Waals surface area contributed by atoms with E-state index in [0.717, 1.165) is 18.2 Å². The first-order chi connectivity index (χ1) is 8.56. The first-order valence-corrected chi connectivity index (χ1v) is 5.21. The molecule has 7 heteroatoms. The maximum atomic E-state index is 13.0. The number of phenols is 1. The number of rotatable bonds is 2. The monoisotopic (exact) mass is 267 g/mol. The number of hydrogen-bond donors (Lipinski definition) is 2. The number of carbonyl (C=O) groups excluding carboxylic acids is 1. The molecule has 2 rings (SSSR count). The van der Waals surface area contributed by atoms with Crippen molar-refractivity contribution in [3.63, 3.8) is 0 Å². The van der Waals surface area contributed by atoms with Gasteiger partial charge < -0.3 is 10.4 Å². The van der Waals surface area contributed by atoms with Gasteiger partial charge in [0.2, 0.25) is 0 Å². The van der Waals surface area contributed by atoms with E-state index in [4.69, 9.17) is 11.6 Å². The van der Waals surface area contributed by atoms with Crippen LogP contribution in [-0.2, 0) is 0 Å². The minimum atomic E-state index is -0.691. The van der Waals surface area contributed by atoms with Gasteiger partial charge in [-0.05, 0) is 18.2 Å². The molecule has 0 atom stereocenters. The molecule has 2 aromatic rings. The van der Waals surface area contributed by atoms with Gasteiger partial charge in [0.25, 0.3) is 5.91 Å². The Labute approximate surface area is 106 Å². The Morgan fingerprint density at radius 3 is 2.78 bits per heavy atom. The summed E-state index contributed by atoms with van der Waals surface area (Å²) in [4.78, 5) is 19.2. The molecule has 2 N–H and O–H groups in total. The highest BCUT2D eigenvalue weighted by atomic mass is 35.5. The first-order valence-electron chi connectivity index (χ1n) is 4.83. The van der Waals surface area contributed by atoms with Crippen LogP contribution in [0.4, 0.5) is 10.2 Å². The molecule has 0 aliphatic carbocycles. The first kappa shape index (κ1) is 12.3. The summed E-state index contributed by atoms with van der Waals surface area (Å²) in [6, 6.07) is 3.07. The van der Waals surface area contributed by atoms with Gasteiger partial charge >= 0.3 is 0 Å². The second-order valence-corrected chi connectivity index (χ2v) is 3.73. The topological polar surface area (TPSA) is 75.1 Å². The van der Waals surface area contributed by atoms with E-state index in [1.54, 1.807) is 0 Å². The summed E-state index contributed by atoms with van der Waals surface area (Å²) >= 11 is 5.54. The molecule has 0 saturated carbocycles. The van der Waals surface area contributed by atoms with E-state index in [9.17, 15) is 14.3 Å². The summed E-state index contributed by atoms with van der Waals surface area (Å²) in [5.74, 6) is -1.49. The van der Waals surface area contributed by atoms with Crippen LogP contribution in [0.15, 0.2) is 30.6 Å². The third-order valence-corrected chi connectivity index (χ3v) is 2.26. The molecule has 0 spiro atoms. The number of nitrogens with one attached hydrogen (secondary N) is 1. The number of nitrogens with zero attached hydrogens (tertiary/aromatic N) is 2. The van der Waals surface area contributed by atoms with Crippen LogP contribution < -0.4 is 5.32 Å². The number of anilines is 1. The molecule has 1 aromatic heterocycles. The lowest BCUT2D eigenvalue weighted by Crippen LogP contribution is -2.13. The molecule has 0 saturated heterocycles. The van der Waals surface area contributed by atoms with Crippen LogP contribution in [0, 0.1) is 5.82 Å². The van der Waals surface area contributed by atoms with Crippen molar-refractivity contribution in [2.24, 2.45) is 0 Å². The lowest BCUT2D eigenvalue weighted by molar-refractivity contribution is 0.102. The summed E-state index contributed by atoms with van der Waals surface area (Å²) in [5, 5.41) is 12.0. The van der Waals surface area contributed by atoms with E-state index in [1.165, 1.54) is 12.4 Å². The highest BCUT2D eigenvalue weighted by molar-refractivity contribution is 6.29. The van der Waals surface area contributed by atoms with E-state index < -0.39 is 11.7 Å². The van der Waals surface area contributed by atoms with E-state index >= 15 is 0 Å². The summed E-state index contributed by atoms with van der Waals surface area (Å²) < 4.78 is 13.0. The predicted octanol–water partition coefficient (Wildman–Crippen LogP) is 2.23. The summed E-state index contributed by atoms with van der Waals surface area (Å²) in [6.45, 7) is 0. The largest absolute Gasteiger partial charge is 0.507 e. The highest BCUT2D eigenvalue weighted by Gasteiger charge is 2.13. The molecule has 0 aliphatic rings. The number of phenolic OH excluding ortho intramolecular Hbond substituents is 1. The third-order valence-electron chi connectivity index (χ3n) is 2.07. The number of carbonyl (C=O) groups is 1. The molecule has 1 aromatic carbocycles. The molecule has 0 bridgehead atoms. The van der Waals surface area contributed by atoms with Crippen molar-refractivity contribution in [3.8, 4) is 5.75 Å². The lowest BCUT2D eigenvalue weighted by Gasteiger charge is -2.05. The molecule has 0 fully saturated rings. The summed E-state index contributed by atoms with van der Waals surface area (Å²) in [5.41, 5.74) is -0.188. The van der Waals surface area contributed by atoms with Crippen LogP contribution in [0.5, 0.6) is 5.75 Å². The van der Waals surface area contributed by atoms with Gasteiger partial charge in [-0.15, -0.1) is 0 Å². The summed E-state index contributed by atoms with van der Waals surface area (Å²) in [7, 11) is 0. The predicted molar refractivity (Wildman–Crippen MR) is 63.1 cm³/mol. The van der Waals surface area contributed by atoms with Crippen LogP contribution >= 0.6 is 11.6 Å². The number of amides is 1. The van der Waals surface area contributed by atoms with E-state index in [-0.39, 0.29) is 22.3 Å². The molecule has 0 radical (unpaired) electrons. The normalized spacial score (nSPS) is 10.1.